The molecule has 1 atom stereocenters. The molecule has 23 heavy (non-hydrogen) atoms. The number of benzene rings is 3. The number of hydrogen-bond acceptors (Lipinski definition) is 1. The van der Waals surface area contributed by atoms with E-state index in [1.807, 2.05) is 91.9 Å². The Labute approximate surface area is 137 Å². The van der Waals surface area contributed by atoms with Gasteiger partial charge in [-0.15, -0.1) is 0 Å². The van der Waals surface area contributed by atoms with Crippen molar-refractivity contribution in [3.05, 3.63) is 96.1 Å². The van der Waals surface area contributed by atoms with Crippen molar-refractivity contribution in [2.24, 2.45) is 0 Å². The van der Waals surface area contributed by atoms with Gasteiger partial charge in [0.05, 0.1) is 0 Å². The van der Waals surface area contributed by atoms with Crippen LogP contribution in [0.4, 0.5) is 0 Å². The highest BCUT2D eigenvalue weighted by Gasteiger charge is 2.26. The molecule has 0 unspecified atom stereocenters. The number of aryl methyl sites for hydroxylation is 1. The van der Waals surface area contributed by atoms with E-state index in [4.69, 9.17) is 0 Å². The average molecular weight is 316 g/mol. The maximum Gasteiger partial charge on any atom is 0.211 e. The van der Waals surface area contributed by atoms with Crippen molar-refractivity contribution in [3.8, 4) is 11.6 Å². The summed E-state index contributed by atoms with van der Waals surface area (Å²) < 4.78 is 13.8. The highest BCUT2D eigenvalue weighted by molar-refractivity contribution is 7.83. The van der Waals surface area contributed by atoms with E-state index in [1.54, 1.807) is 0 Å². The van der Waals surface area contributed by atoms with Crippen molar-refractivity contribution in [2.45, 2.75) is 6.92 Å². The third-order valence-electron chi connectivity index (χ3n) is 3.71. The predicted molar refractivity (Wildman–Crippen MR) is 97.8 cm³/mol. The highest BCUT2D eigenvalue weighted by atomic mass is 31.2. The Morgan fingerprint density at radius 3 is 1.96 bits per heavy atom. The van der Waals surface area contributed by atoms with Gasteiger partial charge in [-0.25, -0.2) is 0 Å². The number of rotatable bonds is 2. The zero-order chi connectivity index (χ0) is 16.1. The third kappa shape index (κ3) is 3.29. The Kier molecular flexibility index (Phi) is 4.47. The van der Waals surface area contributed by atoms with Crippen LogP contribution in [0.3, 0.4) is 0 Å². The highest BCUT2D eigenvalue weighted by Crippen LogP contribution is 2.43. The third-order valence-corrected chi connectivity index (χ3v) is 6.34. The van der Waals surface area contributed by atoms with Crippen LogP contribution in [-0.4, -0.2) is 0 Å². The van der Waals surface area contributed by atoms with Gasteiger partial charge in [-0.1, -0.05) is 72.7 Å². The van der Waals surface area contributed by atoms with Crippen LogP contribution in [0.1, 0.15) is 11.1 Å². The molecule has 0 N–H and O–H groups in total. The summed E-state index contributed by atoms with van der Waals surface area (Å²) >= 11 is 0. The quantitative estimate of drug-likeness (QED) is 0.508. The van der Waals surface area contributed by atoms with Gasteiger partial charge >= 0.3 is 0 Å². The monoisotopic (exact) mass is 316 g/mol. The molecule has 0 amide bonds. The second-order valence-corrected chi connectivity index (χ2v) is 7.77. The summed E-state index contributed by atoms with van der Waals surface area (Å²) in [4.78, 5) is 0. The van der Waals surface area contributed by atoms with Crippen molar-refractivity contribution in [3.63, 3.8) is 0 Å². The lowest BCUT2D eigenvalue weighted by Gasteiger charge is -2.15. The Hall–Kier alpha value is -2.55. The van der Waals surface area contributed by atoms with Crippen LogP contribution >= 0.6 is 7.14 Å². The minimum Gasteiger partial charge on any atom is -0.300 e. The van der Waals surface area contributed by atoms with Crippen LogP contribution in [-0.2, 0) is 4.57 Å². The Morgan fingerprint density at radius 1 is 0.739 bits per heavy atom. The molecule has 0 aliphatic carbocycles. The molecule has 0 aliphatic heterocycles. The van der Waals surface area contributed by atoms with Crippen molar-refractivity contribution in [2.75, 3.05) is 0 Å². The molecule has 0 spiro atoms. The molecule has 0 fully saturated rings. The van der Waals surface area contributed by atoms with E-state index in [2.05, 4.69) is 11.6 Å². The fourth-order valence-corrected chi connectivity index (χ4v) is 4.76. The second kappa shape index (κ2) is 6.69. The van der Waals surface area contributed by atoms with Gasteiger partial charge in [0, 0.05) is 16.2 Å². The van der Waals surface area contributed by atoms with E-state index < -0.39 is 7.14 Å². The van der Waals surface area contributed by atoms with Gasteiger partial charge in [0.1, 0.15) is 0 Å². The first kappa shape index (κ1) is 15.3. The maximum atomic E-state index is 13.8. The summed E-state index contributed by atoms with van der Waals surface area (Å²) in [7, 11) is -2.99. The van der Waals surface area contributed by atoms with E-state index in [9.17, 15) is 4.57 Å². The first-order chi connectivity index (χ1) is 11.2. The topological polar surface area (TPSA) is 17.1 Å². The van der Waals surface area contributed by atoms with E-state index in [1.165, 1.54) is 0 Å². The van der Waals surface area contributed by atoms with Gasteiger partial charge in [-0.2, -0.15) is 0 Å². The minimum absolute atomic E-state index is 0.776. The van der Waals surface area contributed by atoms with Crippen molar-refractivity contribution >= 4 is 17.8 Å². The largest absolute Gasteiger partial charge is 0.300 e. The molecule has 1 nitrogen and oxygen atoms in total. The zero-order valence-electron chi connectivity index (χ0n) is 12.9. The van der Waals surface area contributed by atoms with Crippen molar-refractivity contribution < 1.29 is 4.57 Å². The molecule has 0 radical (unpaired) electrons. The van der Waals surface area contributed by atoms with E-state index in [-0.39, 0.29) is 0 Å². The molecule has 112 valence electrons. The van der Waals surface area contributed by atoms with Crippen molar-refractivity contribution in [1.29, 1.82) is 0 Å². The molecule has 0 saturated carbocycles. The summed E-state index contributed by atoms with van der Waals surface area (Å²) in [6, 6.07) is 27.0. The van der Waals surface area contributed by atoms with Gasteiger partial charge in [0.15, 0.2) is 0 Å². The van der Waals surface area contributed by atoms with Crippen LogP contribution in [0, 0.1) is 18.5 Å². The van der Waals surface area contributed by atoms with Crippen LogP contribution in [0.2, 0.25) is 0 Å². The first-order valence-electron chi connectivity index (χ1n) is 7.50. The van der Waals surface area contributed by atoms with Crippen molar-refractivity contribution in [1.82, 2.24) is 0 Å². The van der Waals surface area contributed by atoms with Crippen LogP contribution in [0.15, 0.2) is 84.9 Å². The zero-order valence-corrected chi connectivity index (χ0v) is 13.8. The lowest BCUT2D eigenvalue weighted by atomic mass is 10.2. The molecule has 3 aromatic rings. The molecular weight excluding hydrogens is 299 g/mol. The van der Waals surface area contributed by atoms with Gasteiger partial charge in [0.25, 0.3) is 0 Å². The Bertz CT molecular complexity index is 903. The average Bonchev–Trinajstić information content (AvgIpc) is 2.62. The molecule has 0 bridgehead atoms. The van der Waals surface area contributed by atoms with Crippen LogP contribution in [0.25, 0.3) is 0 Å². The summed E-state index contributed by atoms with van der Waals surface area (Å²) in [5, 5.41) is 1.59. The molecular formula is C21H17OP. The molecule has 3 aromatic carbocycles. The Balaban J connectivity index is 2.18. The van der Waals surface area contributed by atoms with E-state index in [0.717, 1.165) is 21.7 Å². The lowest BCUT2D eigenvalue weighted by molar-refractivity contribution is 0.593. The molecule has 3 rings (SSSR count). The smallest absolute Gasteiger partial charge is 0.211 e. The van der Waals surface area contributed by atoms with E-state index in [0.29, 0.717) is 0 Å². The van der Waals surface area contributed by atoms with E-state index >= 15 is 0 Å². The van der Waals surface area contributed by atoms with Gasteiger partial charge in [-0.05, 0) is 36.3 Å². The van der Waals surface area contributed by atoms with Gasteiger partial charge in [-0.3, -0.25) is 4.57 Å². The Morgan fingerprint density at radius 2 is 1.30 bits per heavy atom. The minimum atomic E-state index is -2.99. The fraction of sp³-hybridized carbons (Fsp3) is 0.0476. The molecule has 0 heterocycles. The summed E-state index contributed by atoms with van der Waals surface area (Å²) in [6.45, 7) is 1.98. The van der Waals surface area contributed by atoms with Gasteiger partial charge < -0.3 is 0 Å². The molecule has 0 aromatic heterocycles. The maximum absolute atomic E-state index is 13.8. The number of hydrogen-bond donors (Lipinski definition) is 0. The summed E-state index contributed by atoms with van der Waals surface area (Å²) in [5.74, 6) is 3.10. The molecule has 0 aliphatic rings. The summed E-state index contributed by atoms with van der Waals surface area (Å²) in [6.07, 6.45) is 0. The van der Waals surface area contributed by atoms with Crippen LogP contribution < -0.4 is 10.6 Å². The first-order valence-corrected chi connectivity index (χ1v) is 9.21. The second-order valence-electron chi connectivity index (χ2n) is 5.33. The molecule has 0 saturated heterocycles. The predicted octanol–water partition coefficient (Wildman–Crippen LogP) is 4.32. The summed E-state index contributed by atoms with van der Waals surface area (Å²) in [5.41, 5.74) is 4.97. The lowest BCUT2D eigenvalue weighted by Crippen LogP contribution is -2.17. The SMILES string of the molecule is Cc1ccccc1[P@](=O)(C#Cc1ccccc1)c1ccccc1. The van der Waals surface area contributed by atoms with Crippen LogP contribution in [0.5, 0.6) is 0 Å². The normalized spacial score (nSPS) is 12.7. The van der Waals surface area contributed by atoms with Gasteiger partial charge in [0.2, 0.25) is 7.14 Å². The molecule has 2 heteroatoms. The standard InChI is InChI=1S/C21H17OP/c1-18-10-8-9-15-21(18)23(22,20-13-6-3-7-14-20)17-16-19-11-4-2-5-12-19/h2-15H,1H3/t23-/m0/s1. The fourth-order valence-electron chi connectivity index (χ4n) is 2.48.